The van der Waals surface area contributed by atoms with Crippen LogP contribution in [0.5, 0.6) is 0 Å². The lowest BCUT2D eigenvalue weighted by atomic mass is 10.2. The molecule has 7 nitrogen and oxygen atoms in total. The van der Waals surface area contributed by atoms with Crippen LogP contribution in [0.3, 0.4) is 0 Å². The summed E-state index contributed by atoms with van der Waals surface area (Å²) in [4.78, 5) is 17.4. The van der Waals surface area contributed by atoms with Crippen molar-refractivity contribution >= 4 is 16.9 Å². The summed E-state index contributed by atoms with van der Waals surface area (Å²) in [7, 11) is 1.88. The van der Waals surface area contributed by atoms with Gasteiger partial charge in [0.25, 0.3) is 0 Å². The molecule has 0 spiro atoms. The summed E-state index contributed by atoms with van der Waals surface area (Å²) in [5.74, 6) is 1.45. The lowest BCUT2D eigenvalue weighted by Gasteiger charge is -2.09. The maximum Gasteiger partial charge on any atom is 0.164 e. The average molecular weight is 331 g/mol. The number of pyridine rings is 2. The fourth-order valence-corrected chi connectivity index (χ4v) is 2.66. The number of rotatable bonds is 5. The van der Waals surface area contributed by atoms with Crippen molar-refractivity contribution in [3.05, 3.63) is 60.8 Å². The summed E-state index contributed by atoms with van der Waals surface area (Å²) in [5, 5.41) is 8.64. The average Bonchev–Trinajstić information content (AvgIpc) is 3.04. The smallest absolute Gasteiger partial charge is 0.164 e. The van der Waals surface area contributed by atoms with Crippen LogP contribution in [0.4, 0.5) is 5.82 Å². The molecular formula is C18H17N7. The van der Waals surface area contributed by atoms with Gasteiger partial charge in [-0.1, -0.05) is 0 Å². The summed E-state index contributed by atoms with van der Waals surface area (Å²) in [6, 6.07) is 7.84. The SMILES string of the molecule is Cn1ncc2c(NCCc3ccncc3)nc(-c3ccncc3)nc21. The van der Waals surface area contributed by atoms with Crippen LogP contribution in [-0.4, -0.2) is 36.3 Å². The molecule has 1 N–H and O–H groups in total. The third-order valence-corrected chi connectivity index (χ3v) is 3.99. The van der Waals surface area contributed by atoms with E-state index < -0.39 is 0 Å². The zero-order valence-corrected chi connectivity index (χ0v) is 13.8. The van der Waals surface area contributed by atoms with E-state index in [4.69, 9.17) is 4.98 Å². The lowest BCUT2D eigenvalue weighted by Crippen LogP contribution is -2.08. The van der Waals surface area contributed by atoms with Crippen LogP contribution < -0.4 is 5.32 Å². The Hall–Kier alpha value is -3.35. The molecule has 0 atom stereocenters. The van der Waals surface area contributed by atoms with Crippen LogP contribution in [0.1, 0.15) is 5.56 Å². The molecule has 0 fully saturated rings. The van der Waals surface area contributed by atoms with Crippen LogP contribution in [0.25, 0.3) is 22.4 Å². The van der Waals surface area contributed by atoms with E-state index in [1.165, 1.54) is 5.56 Å². The molecule has 4 aromatic heterocycles. The van der Waals surface area contributed by atoms with E-state index in [-0.39, 0.29) is 0 Å². The van der Waals surface area contributed by atoms with Gasteiger partial charge in [-0.2, -0.15) is 5.10 Å². The fourth-order valence-electron chi connectivity index (χ4n) is 2.66. The van der Waals surface area contributed by atoms with Crippen molar-refractivity contribution in [3.8, 4) is 11.4 Å². The van der Waals surface area contributed by atoms with Gasteiger partial charge in [0, 0.05) is 43.9 Å². The number of hydrogen-bond donors (Lipinski definition) is 1. The molecule has 4 rings (SSSR count). The molecule has 4 heterocycles. The van der Waals surface area contributed by atoms with Gasteiger partial charge in [0.1, 0.15) is 5.82 Å². The van der Waals surface area contributed by atoms with Crippen molar-refractivity contribution in [1.29, 1.82) is 0 Å². The molecule has 0 aliphatic carbocycles. The number of hydrogen-bond acceptors (Lipinski definition) is 6. The van der Waals surface area contributed by atoms with Gasteiger partial charge in [0.15, 0.2) is 11.5 Å². The standard InChI is InChI=1S/C18H17N7/c1-25-18-15(12-22-25)17(21-11-4-13-2-7-19-8-3-13)23-16(24-18)14-5-9-20-10-6-14/h2-3,5-10,12H,4,11H2,1H3,(H,21,23,24). The minimum absolute atomic E-state index is 0.657. The second kappa shape index (κ2) is 6.64. The number of aromatic nitrogens is 6. The third kappa shape index (κ3) is 3.16. The molecular weight excluding hydrogens is 314 g/mol. The Bertz CT molecular complexity index is 980. The van der Waals surface area contributed by atoms with E-state index in [1.54, 1.807) is 35.7 Å². The minimum atomic E-state index is 0.657. The third-order valence-electron chi connectivity index (χ3n) is 3.99. The highest BCUT2D eigenvalue weighted by molar-refractivity contribution is 5.88. The van der Waals surface area contributed by atoms with E-state index in [0.29, 0.717) is 5.82 Å². The monoisotopic (exact) mass is 331 g/mol. The van der Waals surface area contributed by atoms with Gasteiger partial charge in [-0.05, 0) is 36.2 Å². The molecule has 0 unspecified atom stereocenters. The van der Waals surface area contributed by atoms with Gasteiger partial charge in [-0.3, -0.25) is 14.6 Å². The van der Waals surface area contributed by atoms with Crippen molar-refractivity contribution in [1.82, 2.24) is 29.7 Å². The summed E-state index contributed by atoms with van der Waals surface area (Å²) < 4.78 is 1.76. The van der Waals surface area contributed by atoms with E-state index in [0.717, 1.165) is 35.4 Å². The van der Waals surface area contributed by atoms with Gasteiger partial charge < -0.3 is 5.32 Å². The van der Waals surface area contributed by atoms with Crippen molar-refractivity contribution in [3.63, 3.8) is 0 Å². The Labute approximate surface area is 144 Å². The van der Waals surface area contributed by atoms with E-state index in [1.807, 2.05) is 31.3 Å². The van der Waals surface area contributed by atoms with Crippen LogP contribution in [-0.2, 0) is 13.5 Å². The van der Waals surface area contributed by atoms with Crippen LogP contribution in [0, 0.1) is 0 Å². The Morgan fingerprint density at radius 3 is 2.44 bits per heavy atom. The number of fused-ring (bicyclic) bond motifs is 1. The van der Waals surface area contributed by atoms with Crippen LogP contribution >= 0.6 is 0 Å². The Morgan fingerprint density at radius 1 is 0.960 bits per heavy atom. The Kier molecular flexibility index (Phi) is 4.04. The summed E-state index contributed by atoms with van der Waals surface area (Å²) in [6.07, 6.45) is 9.77. The van der Waals surface area contributed by atoms with E-state index >= 15 is 0 Å². The number of aryl methyl sites for hydroxylation is 1. The molecule has 25 heavy (non-hydrogen) atoms. The molecule has 0 aromatic carbocycles. The highest BCUT2D eigenvalue weighted by Crippen LogP contribution is 2.24. The van der Waals surface area contributed by atoms with Crippen LogP contribution in [0.15, 0.2) is 55.2 Å². The highest BCUT2D eigenvalue weighted by Gasteiger charge is 2.12. The molecule has 7 heteroatoms. The molecule has 0 aliphatic rings. The zero-order chi connectivity index (χ0) is 17.1. The molecule has 0 aliphatic heterocycles. The fraction of sp³-hybridized carbons (Fsp3) is 0.167. The molecule has 124 valence electrons. The minimum Gasteiger partial charge on any atom is -0.369 e. The second-order valence-electron chi connectivity index (χ2n) is 5.67. The molecule has 0 saturated heterocycles. The Balaban J connectivity index is 1.65. The summed E-state index contributed by atoms with van der Waals surface area (Å²) >= 11 is 0. The largest absolute Gasteiger partial charge is 0.369 e. The van der Waals surface area contributed by atoms with Gasteiger partial charge in [0.05, 0.1) is 11.6 Å². The predicted octanol–water partition coefficient (Wildman–Crippen LogP) is 2.47. The Morgan fingerprint density at radius 2 is 1.68 bits per heavy atom. The number of nitrogens with zero attached hydrogens (tertiary/aromatic N) is 6. The van der Waals surface area contributed by atoms with E-state index in [2.05, 4.69) is 25.4 Å². The van der Waals surface area contributed by atoms with Crippen molar-refractivity contribution in [2.24, 2.45) is 7.05 Å². The first kappa shape index (κ1) is 15.2. The maximum atomic E-state index is 4.70. The first-order valence-electron chi connectivity index (χ1n) is 8.04. The molecule has 0 bridgehead atoms. The van der Waals surface area contributed by atoms with Crippen LogP contribution in [0.2, 0.25) is 0 Å². The van der Waals surface area contributed by atoms with Crippen molar-refractivity contribution in [2.75, 3.05) is 11.9 Å². The highest BCUT2D eigenvalue weighted by atomic mass is 15.3. The first-order valence-corrected chi connectivity index (χ1v) is 8.04. The molecule has 4 aromatic rings. The van der Waals surface area contributed by atoms with Gasteiger partial charge >= 0.3 is 0 Å². The van der Waals surface area contributed by atoms with E-state index in [9.17, 15) is 0 Å². The van der Waals surface area contributed by atoms with Gasteiger partial charge in [0.2, 0.25) is 0 Å². The van der Waals surface area contributed by atoms with Crippen molar-refractivity contribution in [2.45, 2.75) is 6.42 Å². The quantitative estimate of drug-likeness (QED) is 0.605. The molecule has 0 radical (unpaired) electrons. The first-order chi connectivity index (χ1) is 12.3. The van der Waals surface area contributed by atoms with Gasteiger partial charge in [-0.15, -0.1) is 0 Å². The predicted molar refractivity (Wildman–Crippen MR) is 96.0 cm³/mol. The molecule has 0 saturated carbocycles. The number of nitrogens with one attached hydrogen (secondary N) is 1. The maximum absolute atomic E-state index is 4.70. The summed E-state index contributed by atoms with van der Waals surface area (Å²) in [6.45, 7) is 0.765. The lowest BCUT2D eigenvalue weighted by molar-refractivity contribution is 0.786. The molecule has 0 amide bonds. The topological polar surface area (TPSA) is 81.4 Å². The van der Waals surface area contributed by atoms with Crippen molar-refractivity contribution < 1.29 is 0 Å². The second-order valence-corrected chi connectivity index (χ2v) is 5.67. The normalized spacial score (nSPS) is 10.9. The zero-order valence-electron chi connectivity index (χ0n) is 13.8. The van der Waals surface area contributed by atoms with Gasteiger partial charge in [-0.25, -0.2) is 9.97 Å². The number of anilines is 1. The summed E-state index contributed by atoms with van der Waals surface area (Å²) in [5.41, 5.74) is 2.96.